The SMILES string of the molecule is CCn1ncc(-c2nc3c(OC4CCN(C(=O)O)C4c4cccc(C(F)(F)F)c4)ncnc3n2C)c1C. The van der Waals surface area contributed by atoms with Gasteiger partial charge in [0.25, 0.3) is 0 Å². The molecule has 0 radical (unpaired) electrons. The number of benzene rings is 1. The van der Waals surface area contributed by atoms with E-state index in [2.05, 4.69) is 15.1 Å². The molecule has 1 amide bonds. The molecule has 10 nitrogen and oxygen atoms in total. The summed E-state index contributed by atoms with van der Waals surface area (Å²) >= 11 is 0. The van der Waals surface area contributed by atoms with Gasteiger partial charge >= 0.3 is 12.3 Å². The van der Waals surface area contributed by atoms with Crippen molar-refractivity contribution in [1.29, 1.82) is 0 Å². The minimum absolute atomic E-state index is 0.0952. The molecule has 1 aliphatic heterocycles. The molecule has 13 heteroatoms. The fourth-order valence-corrected chi connectivity index (χ4v) is 4.83. The monoisotopic (exact) mass is 515 g/mol. The Balaban J connectivity index is 1.54. The van der Waals surface area contributed by atoms with Gasteiger partial charge in [0.05, 0.1) is 23.4 Å². The van der Waals surface area contributed by atoms with Crippen molar-refractivity contribution in [3.05, 3.63) is 53.6 Å². The second-order valence-corrected chi connectivity index (χ2v) is 8.79. The second kappa shape index (κ2) is 9.05. The van der Waals surface area contributed by atoms with Crippen molar-refractivity contribution in [3.63, 3.8) is 0 Å². The second-order valence-electron chi connectivity index (χ2n) is 8.79. The zero-order valence-corrected chi connectivity index (χ0v) is 20.3. The molecule has 4 aromatic rings. The van der Waals surface area contributed by atoms with Crippen molar-refractivity contribution in [3.8, 4) is 17.3 Å². The Labute approximate surface area is 209 Å². The molecule has 1 N–H and O–H groups in total. The lowest BCUT2D eigenvalue weighted by Gasteiger charge is -2.27. The Hall–Kier alpha value is -4.16. The number of fused-ring (bicyclic) bond motifs is 1. The molecule has 1 saturated heterocycles. The number of ether oxygens (including phenoxy) is 1. The van der Waals surface area contributed by atoms with Gasteiger partial charge in [-0.2, -0.15) is 23.3 Å². The lowest BCUT2D eigenvalue weighted by molar-refractivity contribution is -0.137. The molecule has 0 spiro atoms. The van der Waals surface area contributed by atoms with Crippen molar-refractivity contribution in [2.24, 2.45) is 7.05 Å². The van der Waals surface area contributed by atoms with E-state index in [1.54, 1.807) is 17.8 Å². The average molecular weight is 515 g/mol. The maximum absolute atomic E-state index is 13.4. The number of likely N-dealkylation sites (tertiary alicyclic amines) is 1. The van der Waals surface area contributed by atoms with Crippen LogP contribution in [-0.2, 0) is 19.8 Å². The molecule has 194 valence electrons. The van der Waals surface area contributed by atoms with Crippen LogP contribution in [0, 0.1) is 6.92 Å². The van der Waals surface area contributed by atoms with Crippen molar-refractivity contribution >= 4 is 17.3 Å². The minimum atomic E-state index is -4.56. The first-order valence-electron chi connectivity index (χ1n) is 11.6. The Kier molecular flexibility index (Phi) is 6.00. The van der Waals surface area contributed by atoms with Gasteiger partial charge in [-0.1, -0.05) is 12.1 Å². The summed E-state index contributed by atoms with van der Waals surface area (Å²) in [7, 11) is 1.80. The number of aromatic nitrogens is 6. The third kappa shape index (κ3) is 4.23. The molecule has 5 rings (SSSR count). The first-order valence-corrected chi connectivity index (χ1v) is 11.6. The van der Waals surface area contributed by atoms with Crippen LogP contribution in [0.15, 0.2) is 36.8 Å². The van der Waals surface area contributed by atoms with Crippen LogP contribution < -0.4 is 4.74 Å². The van der Waals surface area contributed by atoms with Gasteiger partial charge in [-0.05, 0) is 31.5 Å². The summed E-state index contributed by atoms with van der Waals surface area (Å²) in [4.78, 5) is 26.3. The van der Waals surface area contributed by atoms with Gasteiger partial charge in [-0.3, -0.25) is 9.58 Å². The van der Waals surface area contributed by atoms with Gasteiger partial charge in [0.2, 0.25) is 5.88 Å². The predicted octanol–water partition coefficient (Wildman–Crippen LogP) is 4.45. The van der Waals surface area contributed by atoms with Crippen molar-refractivity contribution in [1.82, 2.24) is 34.2 Å². The number of carbonyl (C=O) groups is 1. The van der Waals surface area contributed by atoms with E-state index in [1.165, 1.54) is 18.5 Å². The average Bonchev–Trinajstić information content (AvgIpc) is 3.54. The van der Waals surface area contributed by atoms with E-state index in [9.17, 15) is 23.1 Å². The van der Waals surface area contributed by atoms with Gasteiger partial charge in [0, 0.05) is 32.3 Å². The highest BCUT2D eigenvalue weighted by Crippen LogP contribution is 2.39. The van der Waals surface area contributed by atoms with Crippen LogP contribution in [0.1, 0.15) is 36.2 Å². The number of halogens is 3. The number of amides is 1. The Bertz CT molecular complexity index is 1480. The summed E-state index contributed by atoms with van der Waals surface area (Å²) in [5, 5.41) is 14.1. The van der Waals surface area contributed by atoms with E-state index in [0.29, 0.717) is 23.5 Å². The highest BCUT2D eigenvalue weighted by molar-refractivity contribution is 5.81. The Morgan fingerprint density at radius 2 is 2.05 bits per heavy atom. The molecule has 1 fully saturated rings. The molecule has 0 bridgehead atoms. The molecule has 2 unspecified atom stereocenters. The maximum Gasteiger partial charge on any atom is 0.416 e. The summed E-state index contributed by atoms with van der Waals surface area (Å²) in [5.74, 6) is 0.729. The topological polar surface area (TPSA) is 111 Å². The van der Waals surface area contributed by atoms with Crippen molar-refractivity contribution in [2.75, 3.05) is 6.54 Å². The van der Waals surface area contributed by atoms with Gasteiger partial charge in [0.1, 0.15) is 18.3 Å². The molecule has 37 heavy (non-hydrogen) atoms. The maximum atomic E-state index is 13.4. The number of imidazole rings is 1. The third-order valence-corrected chi connectivity index (χ3v) is 6.67. The Morgan fingerprint density at radius 3 is 2.73 bits per heavy atom. The standard InChI is InChI=1S/C24H24F3N7O3/c1-4-34-13(2)16(11-30-34)20-31-18-21(32(20)3)28-12-29-22(18)37-17-8-9-33(23(35)36)19(17)14-6-5-7-15(10-14)24(25,26)27/h5-7,10-12,17,19H,4,8-9H2,1-3H3,(H,35,36). The predicted molar refractivity (Wildman–Crippen MR) is 126 cm³/mol. The van der Waals surface area contributed by atoms with E-state index in [0.717, 1.165) is 28.3 Å². The first kappa shape index (κ1) is 24.5. The summed E-state index contributed by atoms with van der Waals surface area (Å²) in [6, 6.07) is 3.69. The van der Waals surface area contributed by atoms with Crippen molar-refractivity contribution < 1.29 is 27.8 Å². The largest absolute Gasteiger partial charge is 0.470 e. The number of rotatable bonds is 5. The van der Waals surface area contributed by atoms with Crippen LogP contribution >= 0.6 is 0 Å². The van der Waals surface area contributed by atoms with Crippen LogP contribution in [0.25, 0.3) is 22.6 Å². The smallest absolute Gasteiger partial charge is 0.416 e. The fourth-order valence-electron chi connectivity index (χ4n) is 4.83. The van der Waals surface area contributed by atoms with E-state index >= 15 is 0 Å². The quantitative estimate of drug-likeness (QED) is 0.418. The molecule has 2 atom stereocenters. The molecule has 1 aromatic carbocycles. The van der Waals surface area contributed by atoms with E-state index < -0.39 is 30.0 Å². The Morgan fingerprint density at radius 1 is 1.27 bits per heavy atom. The number of alkyl halides is 3. The number of nitrogens with zero attached hydrogens (tertiary/aromatic N) is 7. The fraction of sp³-hybridized carbons (Fsp3) is 0.375. The zero-order chi connectivity index (χ0) is 26.5. The summed E-state index contributed by atoms with van der Waals surface area (Å²) in [5.41, 5.74) is 1.92. The van der Waals surface area contributed by atoms with Crippen LogP contribution in [-0.4, -0.2) is 58.0 Å². The van der Waals surface area contributed by atoms with E-state index in [4.69, 9.17) is 9.72 Å². The summed E-state index contributed by atoms with van der Waals surface area (Å²) in [6.07, 6.45) is -3.29. The summed E-state index contributed by atoms with van der Waals surface area (Å²) in [6.45, 7) is 4.71. The third-order valence-electron chi connectivity index (χ3n) is 6.67. The highest BCUT2D eigenvalue weighted by Gasteiger charge is 2.41. The van der Waals surface area contributed by atoms with Crippen LogP contribution in [0.3, 0.4) is 0 Å². The lowest BCUT2D eigenvalue weighted by Crippen LogP contribution is -2.34. The molecule has 0 saturated carbocycles. The first-order chi connectivity index (χ1) is 17.6. The normalized spacial score (nSPS) is 18.1. The minimum Gasteiger partial charge on any atom is -0.470 e. The molecule has 0 aliphatic carbocycles. The number of hydrogen-bond acceptors (Lipinski definition) is 6. The number of aryl methyl sites for hydroxylation is 2. The molecule has 4 heterocycles. The zero-order valence-electron chi connectivity index (χ0n) is 20.3. The molecular weight excluding hydrogens is 491 g/mol. The molecule has 1 aliphatic rings. The van der Waals surface area contributed by atoms with E-state index in [-0.39, 0.29) is 24.4 Å². The number of hydrogen-bond donors (Lipinski definition) is 1. The van der Waals surface area contributed by atoms with Gasteiger partial charge in [-0.25, -0.2) is 14.8 Å². The van der Waals surface area contributed by atoms with Crippen molar-refractivity contribution in [2.45, 2.75) is 45.1 Å². The number of carboxylic acid groups (broad SMARTS) is 1. The lowest BCUT2D eigenvalue weighted by atomic mass is 9.99. The van der Waals surface area contributed by atoms with Crippen LogP contribution in [0.4, 0.5) is 18.0 Å². The van der Waals surface area contributed by atoms with E-state index in [1.807, 2.05) is 18.5 Å². The van der Waals surface area contributed by atoms with Gasteiger partial charge in [-0.15, -0.1) is 0 Å². The van der Waals surface area contributed by atoms with Gasteiger partial charge in [0.15, 0.2) is 11.2 Å². The van der Waals surface area contributed by atoms with Crippen LogP contribution in [0.2, 0.25) is 0 Å². The summed E-state index contributed by atoms with van der Waals surface area (Å²) < 4.78 is 49.9. The highest BCUT2D eigenvalue weighted by atomic mass is 19.4. The molecular formula is C24H24F3N7O3. The van der Waals surface area contributed by atoms with Gasteiger partial charge < -0.3 is 14.4 Å². The molecule has 3 aromatic heterocycles. The van der Waals surface area contributed by atoms with Crippen LogP contribution in [0.5, 0.6) is 5.88 Å².